The van der Waals surface area contributed by atoms with Crippen molar-refractivity contribution in [2.24, 2.45) is 4.99 Å². The lowest BCUT2D eigenvalue weighted by Gasteiger charge is -2.07. The number of thioether (sulfide) groups is 1. The Hall–Kier alpha value is -2.86. The standard InChI is InChI=1S/C18H14N2O3S/c1-20-16(21)15(11-12-5-3-2-4-6-12)24-18(20)19-14-9-7-13(8-10-14)17(22)23/h2-11H,1H3,(H,22,23)/b15-11-,19-18?. The number of aromatic carboxylic acids is 1. The number of amidine groups is 1. The summed E-state index contributed by atoms with van der Waals surface area (Å²) in [6, 6.07) is 15.8. The average Bonchev–Trinajstić information content (AvgIpc) is 2.84. The molecule has 0 saturated carbocycles. The number of aliphatic imine (C=N–C) groups is 1. The monoisotopic (exact) mass is 338 g/mol. The van der Waals surface area contributed by atoms with E-state index in [1.54, 1.807) is 19.2 Å². The first-order chi connectivity index (χ1) is 11.5. The van der Waals surface area contributed by atoms with Gasteiger partial charge >= 0.3 is 5.97 Å². The SMILES string of the molecule is CN1C(=O)/C(=C/c2ccccc2)SC1=Nc1ccc(C(=O)O)cc1. The summed E-state index contributed by atoms with van der Waals surface area (Å²) >= 11 is 1.30. The number of carboxylic acids is 1. The third-order valence-electron chi connectivity index (χ3n) is 3.44. The van der Waals surface area contributed by atoms with Crippen molar-refractivity contribution in [3.8, 4) is 0 Å². The van der Waals surface area contributed by atoms with Crippen molar-refractivity contribution in [2.45, 2.75) is 0 Å². The van der Waals surface area contributed by atoms with Crippen molar-refractivity contribution in [2.75, 3.05) is 7.05 Å². The Balaban J connectivity index is 1.86. The van der Waals surface area contributed by atoms with Crippen LogP contribution >= 0.6 is 11.8 Å². The van der Waals surface area contributed by atoms with Gasteiger partial charge in [-0.15, -0.1) is 0 Å². The Labute approximate surface area is 143 Å². The number of carboxylic acid groups (broad SMARTS) is 1. The van der Waals surface area contributed by atoms with Crippen molar-refractivity contribution in [1.29, 1.82) is 0 Å². The molecule has 5 nitrogen and oxygen atoms in total. The zero-order chi connectivity index (χ0) is 17.1. The Morgan fingerprint density at radius 3 is 2.42 bits per heavy atom. The van der Waals surface area contributed by atoms with Crippen LogP contribution in [0, 0.1) is 0 Å². The zero-order valence-corrected chi connectivity index (χ0v) is 13.7. The maximum Gasteiger partial charge on any atom is 0.335 e. The molecule has 1 fully saturated rings. The number of rotatable bonds is 3. The van der Waals surface area contributed by atoms with Crippen LogP contribution in [-0.4, -0.2) is 34.1 Å². The van der Waals surface area contributed by atoms with E-state index in [1.165, 1.54) is 28.8 Å². The van der Waals surface area contributed by atoms with E-state index in [2.05, 4.69) is 4.99 Å². The summed E-state index contributed by atoms with van der Waals surface area (Å²) in [7, 11) is 1.67. The predicted molar refractivity (Wildman–Crippen MR) is 95.3 cm³/mol. The molecule has 120 valence electrons. The van der Waals surface area contributed by atoms with Crippen LogP contribution < -0.4 is 0 Å². The Bertz CT molecular complexity index is 842. The normalized spacial score (nSPS) is 17.7. The van der Waals surface area contributed by atoms with Crippen molar-refractivity contribution < 1.29 is 14.7 Å². The highest BCUT2D eigenvalue weighted by Gasteiger charge is 2.30. The number of hydrogen-bond donors (Lipinski definition) is 1. The van der Waals surface area contributed by atoms with Gasteiger partial charge in [-0.1, -0.05) is 30.3 Å². The quantitative estimate of drug-likeness (QED) is 0.868. The second-order valence-corrected chi connectivity index (χ2v) is 6.14. The molecule has 0 unspecified atom stereocenters. The van der Waals surface area contributed by atoms with Gasteiger partial charge in [0.2, 0.25) is 0 Å². The Kier molecular flexibility index (Phi) is 4.48. The molecule has 0 bridgehead atoms. The fraction of sp³-hybridized carbons (Fsp3) is 0.0556. The van der Waals surface area contributed by atoms with E-state index in [1.807, 2.05) is 36.4 Å². The van der Waals surface area contributed by atoms with E-state index in [4.69, 9.17) is 5.11 Å². The van der Waals surface area contributed by atoms with Crippen LogP contribution in [0.15, 0.2) is 64.5 Å². The van der Waals surface area contributed by atoms with Crippen LogP contribution in [0.3, 0.4) is 0 Å². The molecule has 1 amide bonds. The molecule has 1 N–H and O–H groups in total. The maximum absolute atomic E-state index is 12.3. The van der Waals surface area contributed by atoms with E-state index in [0.717, 1.165) is 5.56 Å². The fourth-order valence-electron chi connectivity index (χ4n) is 2.14. The molecule has 24 heavy (non-hydrogen) atoms. The Morgan fingerprint density at radius 1 is 1.12 bits per heavy atom. The summed E-state index contributed by atoms with van der Waals surface area (Å²) in [4.78, 5) is 29.7. The molecular formula is C18H14N2O3S. The molecular weight excluding hydrogens is 324 g/mol. The molecule has 2 aromatic carbocycles. The average molecular weight is 338 g/mol. The van der Waals surface area contributed by atoms with Gasteiger partial charge < -0.3 is 5.11 Å². The van der Waals surface area contributed by atoms with E-state index in [0.29, 0.717) is 15.8 Å². The topological polar surface area (TPSA) is 70.0 Å². The lowest BCUT2D eigenvalue weighted by atomic mass is 10.2. The largest absolute Gasteiger partial charge is 0.478 e. The van der Waals surface area contributed by atoms with Crippen LogP contribution in [0.5, 0.6) is 0 Å². The summed E-state index contributed by atoms with van der Waals surface area (Å²) in [5, 5.41) is 9.47. The maximum atomic E-state index is 12.3. The van der Waals surface area contributed by atoms with Gasteiger partial charge in [0, 0.05) is 7.05 Å². The molecule has 1 saturated heterocycles. The van der Waals surface area contributed by atoms with Gasteiger partial charge in [0.25, 0.3) is 5.91 Å². The zero-order valence-electron chi connectivity index (χ0n) is 12.8. The minimum atomic E-state index is -0.982. The summed E-state index contributed by atoms with van der Waals surface area (Å²) < 4.78 is 0. The van der Waals surface area contributed by atoms with Gasteiger partial charge in [0.05, 0.1) is 16.2 Å². The number of carbonyl (C=O) groups excluding carboxylic acids is 1. The number of hydrogen-bond acceptors (Lipinski definition) is 4. The Morgan fingerprint density at radius 2 is 1.79 bits per heavy atom. The highest BCUT2D eigenvalue weighted by molar-refractivity contribution is 8.18. The number of carbonyl (C=O) groups is 2. The molecule has 3 rings (SSSR count). The van der Waals surface area contributed by atoms with Crippen molar-refractivity contribution >= 4 is 40.6 Å². The van der Waals surface area contributed by atoms with Crippen LogP contribution in [0.25, 0.3) is 6.08 Å². The molecule has 1 aliphatic rings. The lowest BCUT2D eigenvalue weighted by molar-refractivity contribution is -0.121. The number of nitrogens with zero attached hydrogens (tertiary/aromatic N) is 2. The first-order valence-electron chi connectivity index (χ1n) is 7.19. The molecule has 0 aromatic heterocycles. The van der Waals surface area contributed by atoms with Gasteiger partial charge in [0.1, 0.15) is 0 Å². The van der Waals surface area contributed by atoms with Gasteiger partial charge in [-0.2, -0.15) is 0 Å². The number of benzene rings is 2. The van der Waals surface area contributed by atoms with E-state index in [9.17, 15) is 9.59 Å². The van der Waals surface area contributed by atoms with Crippen molar-refractivity contribution in [3.63, 3.8) is 0 Å². The van der Waals surface area contributed by atoms with E-state index >= 15 is 0 Å². The minimum Gasteiger partial charge on any atom is -0.478 e. The van der Waals surface area contributed by atoms with Gasteiger partial charge in [0.15, 0.2) is 5.17 Å². The smallest absolute Gasteiger partial charge is 0.335 e. The fourth-order valence-corrected chi connectivity index (χ4v) is 3.13. The third kappa shape index (κ3) is 3.38. The first kappa shape index (κ1) is 16.0. The summed E-state index contributed by atoms with van der Waals surface area (Å²) in [6.07, 6.45) is 1.83. The molecule has 2 aromatic rings. The van der Waals surface area contributed by atoms with E-state index < -0.39 is 5.97 Å². The molecule has 0 aliphatic carbocycles. The molecule has 0 atom stereocenters. The van der Waals surface area contributed by atoms with Gasteiger partial charge in [-0.3, -0.25) is 9.69 Å². The van der Waals surface area contributed by atoms with Crippen LogP contribution in [0.1, 0.15) is 15.9 Å². The molecule has 1 aliphatic heterocycles. The lowest BCUT2D eigenvalue weighted by Crippen LogP contribution is -2.23. The number of amides is 1. The van der Waals surface area contributed by atoms with Gasteiger partial charge in [-0.05, 0) is 47.7 Å². The summed E-state index contributed by atoms with van der Waals surface area (Å²) in [5.41, 5.74) is 1.75. The van der Waals surface area contributed by atoms with Crippen LogP contribution in [-0.2, 0) is 4.79 Å². The van der Waals surface area contributed by atoms with Crippen molar-refractivity contribution in [1.82, 2.24) is 4.90 Å². The highest BCUT2D eigenvalue weighted by atomic mass is 32.2. The van der Waals surface area contributed by atoms with Gasteiger partial charge in [-0.25, -0.2) is 9.79 Å². The molecule has 0 spiro atoms. The van der Waals surface area contributed by atoms with Crippen LogP contribution in [0.4, 0.5) is 5.69 Å². The predicted octanol–water partition coefficient (Wildman–Crippen LogP) is 3.62. The summed E-state index contributed by atoms with van der Waals surface area (Å²) in [5.74, 6) is -1.09. The third-order valence-corrected chi connectivity index (χ3v) is 4.50. The number of likely N-dealkylation sites (N-methyl/N-ethyl adjacent to an activating group) is 1. The molecule has 1 heterocycles. The molecule has 6 heteroatoms. The second-order valence-electron chi connectivity index (χ2n) is 5.13. The second kappa shape index (κ2) is 6.72. The molecule has 0 radical (unpaired) electrons. The van der Waals surface area contributed by atoms with Crippen molar-refractivity contribution in [3.05, 3.63) is 70.6 Å². The minimum absolute atomic E-state index is 0.107. The highest BCUT2D eigenvalue weighted by Crippen LogP contribution is 2.33. The van der Waals surface area contributed by atoms with E-state index in [-0.39, 0.29) is 11.5 Å². The summed E-state index contributed by atoms with van der Waals surface area (Å²) in [6.45, 7) is 0. The van der Waals surface area contributed by atoms with Crippen LogP contribution in [0.2, 0.25) is 0 Å². The first-order valence-corrected chi connectivity index (χ1v) is 8.01.